The molecular formula is C28H27Br. The van der Waals surface area contributed by atoms with E-state index in [0.29, 0.717) is 0 Å². The van der Waals surface area contributed by atoms with Gasteiger partial charge in [0.05, 0.1) is 0 Å². The Kier molecular flexibility index (Phi) is 3.87. The largest absolute Gasteiger partial charge is 0.0616 e. The summed E-state index contributed by atoms with van der Waals surface area (Å²) in [5.41, 5.74) is 8.68. The molecular weight excluding hydrogens is 416 g/mol. The molecule has 0 bridgehead atoms. The van der Waals surface area contributed by atoms with E-state index in [9.17, 15) is 0 Å². The van der Waals surface area contributed by atoms with Gasteiger partial charge in [0, 0.05) is 4.47 Å². The number of rotatable bonds is 0. The van der Waals surface area contributed by atoms with Crippen molar-refractivity contribution in [3.63, 3.8) is 0 Å². The summed E-state index contributed by atoms with van der Waals surface area (Å²) in [5.74, 6) is 0. The number of hydrogen-bond donors (Lipinski definition) is 0. The quantitative estimate of drug-likeness (QED) is 0.224. The summed E-state index contributed by atoms with van der Waals surface area (Å²) in [4.78, 5) is 0. The zero-order chi connectivity index (χ0) is 20.7. The van der Waals surface area contributed by atoms with Crippen LogP contribution in [0.1, 0.15) is 52.7 Å². The van der Waals surface area contributed by atoms with Gasteiger partial charge in [-0.05, 0) is 71.8 Å². The molecule has 0 saturated carbocycles. The Balaban J connectivity index is 2.14. The first-order valence-corrected chi connectivity index (χ1v) is 11.2. The van der Waals surface area contributed by atoms with Gasteiger partial charge in [0.15, 0.2) is 0 Å². The second-order valence-electron chi connectivity index (χ2n) is 10.4. The Morgan fingerprint density at radius 1 is 0.552 bits per heavy atom. The summed E-state index contributed by atoms with van der Waals surface area (Å²) in [6.07, 6.45) is 0. The molecule has 0 N–H and O–H groups in total. The Hall–Kier alpha value is -2.12. The number of benzene rings is 4. The van der Waals surface area contributed by atoms with Crippen LogP contribution in [0, 0.1) is 0 Å². The molecule has 0 aliphatic heterocycles. The van der Waals surface area contributed by atoms with Gasteiger partial charge in [0.1, 0.15) is 0 Å². The lowest BCUT2D eigenvalue weighted by atomic mass is 9.72. The summed E-state index contributed by atoms with van der Waals surface area (Å²) >= 11 is 3.80. The Morgan fingerprint density at radius 3 is 1.55 bits per heavy atom. The molecule has 0 amide bonds. The van der Waals surface area contributed by atoms with E-state index in [4.69, 9.17) is 0 Å². The van der Waals surface area contributed by atoms with Gasteiger partial charge < -0.3 is 0 Å². The van der Waals surface area contributed by atoms with E-state index < -0.39 is 0 Å². The fourth-order valence-electron chi connectivity index (χ4n) is 5.32. The molecule has 1 heteroatoms. The molecule has 0 saturated heterocycles. The van der Waals surface area contributed by atoms with Gasteiger partial charge in [-0.1, -0.05) is 106 Å². The maximum absolute atomic E-state index is 3.80. The minimum absolute atomic E-state index is 0.0432. The van der Waals surface area contributed by atoms with Crippen LogP contribution in [0.3, 0.4) is 0 Å². The van der Waals surface area contributed by atoms with Gasteiger partial charge in [0.25, 0.3) is 0 Å². The molecule has 0 unspecified atom stereocenters. The SMILES string of the molecule is CC(C)(C)c1c2c(c(C(C)(C)C)c3ccccc13)-c1ccc(Br)c3cccc-2c13. The lowest BCUT2D eigenvalue weighted by Gasteiger charge is -2.32. The Bertz CT molecular complexity index is 1240. The molecule has 0 spiro atoms. The smallest absolute Gasteiger partial charge is 0.0254 e. The molecule has 5 rings (SSSR count). The maximum atomic E-state index is 3.80. The molecule has 0 heterocycles. The Morgan fingerprint density at radius 2 is 1.03 bits per heavy atom. The fraction of sp³-hybridized carbons (Fsp3) is 0.286. The van der Waals surface area contributed by atoms with Crippen molar-refractivity contribution in [2.75, 3.05) is 0 Å². The first-order valence-electron chi connectivity index (χ1n) is 10.4. The summed E-state index contributed by atoms with van der Waals surface area (Å²) in [7, 11) is 0. The van der Waals surface area contributed by atoms with Gasteiger partial charge in [-0.25, -0.2) is 0 Å². The molecule has 1 aliphatic rings. The predicted molar refractivity (Wildman–Crippen MR) is 131 cm³/mol. The van der Waals surface area contributed by atoms with Gasteiger partial charge in [-0.3, -0.25) is 0 Å². The molecule has 0 radical (unpaired) electrons. The first-order chi connectivity index (χ1) is 13.6. The van der Waals surface area contributed by atoms with Crippen LogP contribution in [0.25, 0.3) is 43.8 Å². The van der Waals surface area contributed by atoms with Crippen molar-refractivity contribution in [2.45, 2.75) is 52.4 Å². The van der Waals surface area contributed by atoms with Crippen LogP contribution in [-0.2, 0) is 10.8 Å². The maximum Gasteiger partial charge on any atom is 0.0254 e. The molecule has 0 atom stereocenters. The highest BCUT2D eigenvalue weighted by atomic mass is 79.9. The van der Waals surface area contributed by atoms with Crippen molar-refractivity contribution < 1.29 is 0 Å². The second-order valence-corrected chi connectivity index (χ2v) is 11.2. The molecule has 1 aliphatic carbocycles. The number of hydrogen-bond acceptors (Lipinski definition) is 0. The number of fused-ring (bicyclic) bond motifs is 4. The van der Waals surface area contributed by atoms with Crippen LogP contribution in [0.2, 0.25) is 0 Å². The van der Waals surface area contributed by atoms with Crippen molar-refractivity contribution in [3.05, 3.63) is 70.2 Å². The highest BCUT2D eigenvalue weighted by molar-refractivity contribution is 9.10. The van der Waals surface area contributed by atoms with Crippen LogP contribution < -0.4 is 0 Å². The molecule has 4 aromatic rings. The van der Waals surface area contributed by atoms with Crippen LogP contribution in [0.4, 0.5) is 0 Å². The van der Waals surface area contributed by atoms with E-state index in [1.165, 1.54) is 59.4 Å². The minimum atomic E-state index is 0.0432. The Labute approximate surface area is 182 Å². The van der Waals surface area contributed by atoms with Crippen LogP contribution in [0.5, 0.6) is 0 Å². The molecule has 4 aromatic carbocycles. The van der Waals surface area contributed by atoms with E-state index in [0.717, 1.165) is 0 Å². The van der Waals surface area contributed by atoms with Crippen LogP contribution in [0.15, 0.2) is 59.1 Å². The van der Waals surface area contributed by atoms with E-state index in [1.807, 2.05) is 0 Å². The van der Waals surface area contributed by atoms with Crippen LogP contribution in [-0.4, -0.2) is 0 Å². The van der Waals surface area contributed by atoms with Crippen molar-refractivity contribution in [2.24, 2.45) is 0 Å². The third kappa shape index (κ3) is 2.56. The van der Waals surface area contributed by atoms with Gasteiger partial charge in [0.2, 0.25) is 0 Å². The monoisotopic (exact) mass is 442 g/mol. The van der Waals surface area contributed by atoms with E-state index in [-0.39, 0.29) is 10.8 Å². The van der Waals surface area contributed by atoms with Crippen molar-refractivity contribution in [1.82, 2.24) is 0 Å². The summed E-state index contributed by atoms with van der Waals surface area (Å²) < 4.78 is 1.17. The van der Waals surface area contributed by atoms with Crippen LogP contribution >= 0.6 is 15.9 Å². The van der Waals surface area contributed by atoms with Crippen molar-refractivity contribution in [3.8, 4) is 22.3 Å². The average Bonchev–Trinajstić information content (AvgIpc) is 2.95. The van der Waals surface area contributed by atoms with Gasteiger partial charge in [-0.2, -0.15) is 0 Å². The van der Waals surface area contributed by atoms with E-state index >= 15 is 0 Å². The molecule has 0 nitrogen and oxygen atoms in total. The molecule has 0 aromatic heterocycles. The van der Waals surface area contributed by atoms with Crippen molar-refractivity contribution >= 4 is 37.5 Å². The standard InChI is InChI=1S/C28H27Br/c1-27(2,3)25-16-10-7-8-11-17(16)26(28(4,5)6)24-20-14-15-21(29)18-12-9-13-19(22(18)20)23(24)25/h7-15H,1-6H3. The summed E-state index contributed by atoms with van der Waals surface area (Å²) in [6.45, 7) is 14.1. The predicted octanol–water partition coefficient (Wildman–Crippen LogP) is 9.00. The second kappa shape index (κ2) is 5.95. The molecule has 29 heavy (non-hydrogen) atoms. The number of halogens is 1. The van der Waals surface area contributed by atoms with E-state index in [1.54, 1.807) is 0 Å². The highest BCUT2D eigenvalue weighted by Gasteiger charge is 2.36. The summed E-state index contributed by atoms with van der Waals surface area (Å²) in [6, 6.07) is 20.3. The fourth-order valence-corrected chi connectivity index (χ4v) is 5.79. The van der Waals surface area contributed by atoms with Gasteiger partial charge in [-0.15, -0.1) is 0 Å². The van der Waals surface area contributed by atoms with Gasteiger partial charge >= 0.3 is 0 Å². The zero-order valence-electron chi connectivity index (χ0n) is 18.1. The summed E-state index contributed by atoms with van der Waals surface area (Å²) in [5, 5.41) is 5.49. The third-order valence-electron chi connectivity index (χ3n) is 6.24. The first kappa shape index (κ1) is 18.9. The molecule has 0 fully saturated rings. The topological polar surface area (TPSA) is 0 Å². The average molecular weight is 443 g/mol. The van der Waals surface area contributed by atoms with Crippen molar-refractivity contribution in [1.29, 1.82) is 0 Å². The zero-order valence-corrected chi connectivity index (χ0v) is 19.7. The lowest BCUT2D eigenvalue weighted by molar-refractivity contribution is 0.588. The highest BCUT2D eigenvalue weighted by Crippen LogP contribution is 2.57. The lowest BCUT2D eigenvalue weighted by Crippen LogP contribution is -2.18. The van der Waals surface area contributed by atoms with E-state index in [2.05, 4.69) is 112 Å². The normalized spacial score (nSPS) is 13.3. The third-order valence-corrected chi connectivity index (χ3v) is 6.93. The minimum Gasteiger partial charge on any atom is -0.0616 e. The molecule has 146 valence electrons.